The third-order valence-electron chi connectivity index (χ3n) is 3.54. The minimum atomic E-state index is -0.000726. The van der Waals surface area contributed by atoms with Crippen LogP contribution < -0.4 is 10.6 Å². The molecule has 1 fully saturated rings. The second-order valence-electron chi connectivity index (χ2n) is 5.68. The van der Waals surface area contributed by atoms with E-state index in [4.69, 9.17) is 0 Å². The van der Waals surface area contributed by atoms with Crippen LogP contribution >= 0.6 is 0 Å². The zero-order chi connectivity index (χ0) is 13.7. The van der Waals surface area contributed by atoms with E-state index in [2.05, 4.69) is 10.6 Å². The summed E-state index contributed by atoms with van der Waals surface area (Å²) in [5, 5.41) is 6.46. The fraction of sp³-hybridized carbons (Fsp3) is 0.562. The van der Waals surface area contributed by atoms with Gasteiger partial charge in [-0.05, 0) is 51.0 Å². The van der Waals surface area contributed by atoms with Crippen molar-refractivity contribution < 1.29 is 4.79 Å². The van der Waals surface area contributed by atoms with Crippen molar-refractivity contribution in [1.82, 2.24) is 5.32 Å². The maximum Gasteiger partial charge on any atom is 0.251 e. The van der Waals surface area contributed by atoms with Crippen molar-refractivity contribution in [3.05, 3.63) is 29.8 Å². The highest BCUT2D eigenvalue weighted by atomic mass is 16.1. The van der Waals surface area contributed by atoms with E-state index >= 15 is 0 Å². The maximum absolute atomic E-state index is 11.8. The van der Waals surface area contributed by atoms with E-state index in [1.165, 1.54) is 32.1 Å². The van der Waals surface area contributed by atoms with Gasteiger partial charge in [-0.25, -0.2) is 0 Å². The van der Waals surface area contributed by atoms with Crippen molar-refractivity contribution in [2.75, 3.05) is 5.32 Å². The molecule has 0 unspecified atom stereocenters. The standard InChI is InChI=1S/C16H24N2O/c1-12(2)17-16(19)13-8-10-15(11-9-13)18-14-6-4-3-5-7-14/h8-12,14,18H,3-7H2,1-2H3,(H,17,19). The SMILES string of the molecule is CC(C)NC(=O)c1ccc(NC2CCCCC2)cc1. The molecule has 1 aromatic carbocycles. The first kappa shape index (κ1) is 13.9. The Bertz CT molecular complexity index is 405. The maximum atomic E-state index is 11.8. The van der Waals surface area contributed by atoms with Gasteiger partial charge >= 0.3 is 0 Å². The van der Waals surface area contributed by atoms with Crippen molar-refractivity contribution in [1.29, 1.82) is 0 Å². The van der Waals surface area contributed by atoms with Gasteiger partial charge in [-0.15, -0.1) is 0 Å². The van der Waals surface area contributed by atoms with Gasteiger partial charge in [0.05, 0.1) is 0 Å². The van der Waals surface area contributed by atoms with Gasteiger partial charge in [-0.2, -0.15) is 0 Å². The lowest BCUT2D eigenvalue weighted by Gasteiger charge is -2.23. The van der Waals surface area contributed by atoms with Crippen LogP contribution in [-0.4, -0.2) is 18.0 Å². The molecule has 0 aromatic heterocycles. The Labute approximate surface area is 115 Å². The molecule has 0 radical (unpaired) electrons. The van der Waals surface area contributed by atoms with E-state index in [0.717, 1.165) is 11.3 Å². The van der Waals surface area contributed by atoms with Gasteiger partial charge in [0.2, 0.25) is 0 Å². The molecule has 0 spiro atoms. The average Bonchev–Trinajstić information content (AvgIpc) is 2.40. The van der Waals surface area contributed by atoms with Gasteiger partial charge in [0.25, 0.3) is 5.91 Å². The molecule has 0 bridgehead atoms. The Morgan fingerprint density at radius 1 is 1.11 bits per heavy atom. The number of nitrogens with one attached hydrogen (secondary N) is 2. The molecule has 1 aliphatic rings. The highest BCUT2D eigenvalue weighted by molar-refractivity contribution is 5.94. The average molecular weight is 260 g/mol. The molecule has 1 saturated carbocycles. The van der Waals surface area contributed by atoms with Crippen LogP contribution in [0.2, 0.25) is 0 Å². The summed E-state index contributed by atoms with van der Waals surface area (Å²) in [4.78, 5) is 11.8. The number of hydrogen-bond acceptors (Lipinski definition) is 2. The van der Waals surface area contributed by atoms with Crippen molar-refractivity contribution in [2.45, 2.75) is 58.0 Å². The van der Waals surface area contributed by atoms with Crippen LogP contribution in [0.3, 0.4) is 0 Å². The van der Waals surface area contributed by atoms with E-state index < -0.39 is 0 Å². The summed E-state index contributed by atoms with van der Waals surface area (Å²) < 4.78 is 0. The van der Waals surface area contributed by atoms with Crippen LogP contribution in [0.4, 0.5) is 5.69 Å². The summed E-state index contributed by atoms with van der Waals surface area (Å²) in [6.45, 7) is 3.94. The third-order valence-corrected chi connectivity index (χ3v) is 3.54. The summed E-state index contributed by atoms with van der Waals surface area (Å²) in [5.74, 6) is -0.000726. The van der Waals surface area contributed by atoms with Gasteiger partial charge in [0, 0.05) is 23.3 Å². The molecular formula is C16H24N2O. The smallest absolute Gasteiger partial charge is 0.251 e. The van der Waals surface area contributed by atoms with E-state index in [1.807, 2.05) is 38.1 Å². The van der Waals surface area contributed by atoms with Crippen molar-refractivity contribution in [2.24, 2.45) is 0 Å². The fourth-order valence-corrected chi connectivity index (χ4v) is 2.55. The van der Waals surface area contributed by atoms with Gasteiger partial charge in [-0.1, -0.05) is 19.3 Å². The molecule has 0 saturated heterocycles. The second kappa shape index (κ2) is 6.60. The zero-order valence-electron chi connectivity index (χ0n) is 11.9. The normalized spacial score (nSPS) is 16.4. The Hall–Kier alpha value is -1.51. The largest absolute Gasteiger partial charge is 0.382 e. The number of carbonyl (C=O) groups excluding carboxylic acids is 1. The third kappa shape index (κ3) is 4.27. The molecule has 19 heavy (non-hydrogen) atoms. The molecule has 3 nitrogen and oxygen atoms in total. The molecule has 0 atom stereocenters. The monoisotopic (exact) mass is 260 g/mol. The molecule has 1 amide bonds. The Kier molecular flexibility index (Phi) is 4.83. The molecule has 104 valence electrons. The van der Waals surface area contributed by atoms with E-state index in [0.29, 0.717) is 6.04 Å². The second-order valence-corrected chi connectivity index (χ2v) is 5.68. The minimum absolute atomic E-state index is 0.000726. The number of rotatable bonds is 4. The van der Waals surface area contributed by atoms with Crippen molar-refractivity contribution in [3.8, 4) is 0 Å². The van der Waals surface area contributed by atoms with Crippen LogP contribution in [0.15, 0.2) is 24.3 Å². The van der Waals surface area contributed by atoms with Crippen molar-refractivity contribution in [3.63, 3.8) is 0 Å². The molecule has 3 heteroatoms. The van der Waals surface area contributed by atoms with Crippen LogP contribution in [0, 0.1) is 0 Å². The van der Waals surface area contributed by atoms with E-state index in [-0.39, 0.29) is 11.9 Å². The molecule has 0 aliphatic heterocycles. The van der Waals surface area contributed by atoms with Crippen LogP contribution in [-0.2, 0) is 0 Å². The molecule has 2 N–H and O–H groups in total. The summed E-state index contributed by atoms with van der Waals surface area (Å²) >= 11 is 0. The lowest BCUT2D eigenvalue weighted by atomic mass is 9.95. The predicted molar refractivity (Wildman–Crippen MR) is 79.5 cm³/mol. The first-order chi connectivity index (χ1) is 9.15. The lowest BCUT2D eigenvalue weighted by molar-refractivity contribution is 0.0943. The highest BCUT2D eigenvalue weighted by Gasteiger charge is 2.13. The number of anilines is 1. The highest BCUT2D eigenvalue weighted by Crippen LogP contribution is 2.21. The summed E-state index contributed by atoms with van der Waals surface area (Å²) in [6, 6.07) is 8.57. The minimum Gasteiger partial charge on any atom is -0.382 e. The Morgan fingerprint density at radius 3 is 2.32 bits per heavy atom. The predicted octanol–water partition coefficient (Wildman–Crippen LogP) is 3.57. The van der Waals surface area contributed by atoms with Crippen LogP contribution in [0.1, 0.15) is 56.3 Å². The summed E-state index contributed by atoms with van der Waals surface area (Å²) in [6.07, 6.45) is 6.54. The zero-order valence-corrected chi connectivity index (χ0v) is 11.9. The Morgan fingerprint density at radius 2 is 1.74 bits per heavy atom. The number of amides is 1. The quantitative estimate of drug-likeness (QED) is 0.869. The number of hydrogen-bond donors (Lipinski definition) is 2. The van der Waals surface area contributed by atoms with E-state index in [9.17, 15) is 4.79 Å². The lowest BCUT2D eigenvalue weighted by Crippen LogP contribution is -2.30. The van der Waals surface area contributed by atoms with Gasteiger partial charge in [0.15, 0.2) is 0 Å². The van der Waals surface area contributed by atoms with Crippen molar-refractivity contribution >= 4 is 11.6 Å². The van der Waals surface area contributed by atoms with Gasteiger partial charge in [-0.3, -0.25) is 4.79 Å². The van der Waals surface area contributed by atoms with E-state index in [1.54, 1.807) is 0 Å². The van der Waals surface area contributed by atoms with Gasteiger partial charge in [0.1, 0.15) is 0 Å². The first-order valence-electron chi connectivity index (χ1n) is 7.32. The molecule has 1 aliphatic carbocycles. The van der Waals surface area contributed by atoms with Crippen LogP contribution in [0.5, 0.6) is 0 Å². The Balaban J connectivity index is 1.92. The molecular weight excluding hydrogens is 236 g/mol. The number of benzene rings is 1. The van der Waals surface area contributed by atoms with Crippen LogP contribution in [0.25, 0.3) is 0 Å². The topological polar surface area (TPSA) is 41.1 Å². The molecule has 0 heterocycles. The number of carbonyl (C=O) groups is 1. The molecule has 1 aromatic rings. The van der Waals surface area contributed by atoms with Gasteiger partial charge < -0.3 is 10.6 Å². The fourth-order valence-electron chi connectivity index (χ4n) is 2.55. The first-order valence-corrected chi connectivity index (χ1v) is 7.32. The molecule has 2 rings (SSSR count). The summed E-state index contributed by atoms with van der Waals surface area (Å²) in [5.41, 5.74) is 1.84. The summed E-state index contributed by atoms with van der Waals surface area (Å²) in [7, 11) is 0.